The smallest absolute Gasteiger partial charge is 0.123 e. The van der Waals surface area contributed by atoms with Gasteiger partial charge in [0.15, 0.2) is 0 Å². The Bertz CT molecular complexity index is 533. The van der Waals surface area contributed by atoms with Crippen molar-refractivity contribution >= 4 is 6.08 Å². The highest BCUT2D eigenvalue weighted by Gasteiger charge is 2.55. The van der Waals surface area contributed by atoms with Gasteiger partial charge in [-0.15, -0.1) is 0 Å². The summed E-state index contributed by atoms with van der Waals surface area (Å²) in [7, 11) is 0. The van der Waals surface area contributed by atoms with Crippen LogP contribution in [0.3, 0.4) is 0 Å². The van der Waals surface area contributed by atoms with Gasteiger partial charge in [-0.3, -0.25) is 4.90 Å². The molecule has 1 N–H and O–H groups in total. The molecule has 1 saturated heterocycles. The van der Waals surface area contributed by atoms with Crippen LogP contribution in [-0.4, -0.2) is 48.5 Å². The molecule has 1 aromatic carbocycles. The van der Waals surface area contributed by atoms with Crippen molar-refractivity contribution in [1.29, 1.82) is 0 Å². The maximum Gasteiger partial charge on any atom is 0.123 e. The molecular formula is C19H26FNO2. The van der Waals surface area contributed by atoms with Crippen LogP contribution >= 0.6 is 0 Å². The molecule has 23 heavy (non-hydrogen) atoms. The summed E-state index contributed by atoms with van der Waals surface area (Å²) in [5.41, 5.74) is 1.01. The first-order valence-corrected chi connectivity index (χ1v) is 8.58. The Balaban J connectivity index is 1.48. The summed E-state index contributed by atoms with van der Waals surface area (Å²) in [6.45, 7) is 5.63. The van der Waals surface area contributed by atoms with E-state index in [-0.39, 0.29) is 23.4 Å². The van der Waals surface area contributed by atoms with Crippen molar-refractivity contribution in [1.82, 2.24) is 4.90 Å². The van der Waals surface area contributed by atoms with E-state index in [2.05, 4.69) is 11.0 Å². The molecule has 2 atom stereocenters. The average molecular weight is 319 g/mol. The van der Waals surface area contributed by atoms with Gasteiger partial charge >= 0.3 is 0 Å². The van der Waals surface area contributed by atoms with Gasteiger partial charge in [-0.25, -0.2) is 4.39 Å². The molecule has 3 rings (SSSR count). The first kappa shape index (κ1) is 16.6. The third-order valence-electron chi connectivity index (χ3n) is 5.44. The number of nitrogens with zero attached hydrogens (tertiary/aromatic N) is 1. The van der Waals surface area contributed by atoms with Crippen molar-refractivity contribution in [2.75, 3.05) is 26.2 Å². The lowest BCUT2D eigenvalue weighted by Gasteiger charge is -2.56. The fourth-order valence-corrected chi connectivity index (χ4v) is 3.88. The largest absolute Gasteiger partial charge is 0.392 e. The van der Waals surface area contributed by atoms with E-state index in [1.165, 1.54) is 12.1 Å². The second kappa shape index (κ2) is 7.12. The summed E-state index contributed by atoms with van der Waals surface area (Å²) in [6, 6.07) is 6.54. The molecule has 0 amide bonds. The molecule has 126 valence electrons. The Kier molecular flexibility index (Phi) is 5.14. The van der Waals surface area contributed by atoms with Gasteiger partial charge in [-0.05, 0) is 50.6 Å². The normalized spacial score (nSPS) is 27.4. The van der Waals surface area contributed by atoms with Crippen LogP contribution in [0.15, 0.2) is 30.3 Å². The van der Waals surface area contributed by atoms with E-state index in [0.717, 1.165) is 51.1 Å². The zero-order chi connectivity index (χ0) is 16.3. The van der Waals surface area contributed by atoms with Gasteiger partial charge in [0.1, 0.15) is 5.82 Å². The lowest BCUT2D eigenvalue weighted by molar-refractivity contribution is -0.209. The standard InChI is InChI=1S/C19H26FNO2/c1-2-23-18-14-17(22)19(18)9-12-21(13-10-19)11-3-4-15-5-7-16(20)8-6-15/h3-8,17-18,22H,2,9-14H2,1H3. The third-order valence-corrected chi connectivity index (χ3v) is 5.44. The van der Waals surface area contributed by atoms with Crippen molar-refractivity contribution in [2.45, 2.75) is 38.4 Å². The van der Waals surface area contributed by atoms with Crippen LogP contribution in [0.4, 0.5) is 4.39 Å². The summed E-state index contributed by atoms with van der Waals surface area (Å²) < 4.78 is 18.7. The van der Waals surface area contributed by atoms with Crippen molar-refractivity contribution in [2.24, 2.45) is 5.41 Å². The minimum absolute atomic E-state index is 0.00676. The van der Waals surface area contributed by atoms with Crippen LogP contribution in [0.25, 0.3) is 6.08 Å². The van der Waals surface area contributed by atoms with Gasteiger partial charge in [0.2, 0.25) is 0 Å². The molecular weight excluding hydrogens is 293 g/mol. The molecule has 2 fully saturated rings. The predicted molar refractivity (Wildman–Crippen MR) is 89.6 cm³/mol. The zero-order valence-corrected chi connectivity index (χ0v) is 13.7. The minimum Gasteiger partial charge on any atom is -0.392 e. The third kappa shape index (κ3) is 3.49. The SMILES string of the molecule is CCOC1CC(O)C12CCN(CC=Cc1ccc(F)cc1)CC2. The lowest BCUT2D eigenvalue weighted by Crippen LogP contribution is -2.62. The zero-order valence-electron chi connectivity index (χ0n) is 13.7. The van der Waals surface area contributed by atoms with Crippen LogP contribution < -0.4 is 0 Å². The number of hydrogen-bond donors (Lipinski definition) is 1. The maximum atomic E-state index is 12.9. The van der Waals surface area contributed by atoms with Gasteiger partial charge in [-0.2, -0.15) is 0 Å². The second-order valence-corrected chi connectivity index (χ2v) is 6.68. The topological polar surface area (TPSA) is 32.7 Å². The average Bonchev–Trinajstić information content (AvgIpc) is 2.57. The summed E-state index contributed by atoms with van der Waals surface area (Å²) in [5, 5.41) is 10.2. The first-order chi connectivity index (χ1) is 11.1. The number of hydrogen-bond acceptors (Lipinski definition) is 3. The van der Waals surface area contributed by atoms with Gasteiger partial charge in [0, 0.05) is 25.0 Å². The van der Waals surface area contributed by atoms with Gasteiger partial charge in [0.25, 0.3) is 0 Å². The Labute approximate surface area is 137 Å². The molecule has 2 unspecified atom stereocenters. The van der Waals surface area contributed by atoms with Crippen molar-refractivity contribution in [3.05, 3.63) is 41.7 Å². The number of piperidine rings is 1. The maximum absolute atomic E-state index is 12.9. The Morgan fingerprint density at radius 3 is 2.61 bits per heavy atom. The van der Waals surface area contributed by atoms with Gasteiger partial charge < -0.3 is 9.84 Å². The number of likely N-dealkylation sites (tertiary alicyclic amines) is 1. The predicted octanol–water partition coefficient (Wildman–Crippen LogP) is 3.09. The monoisotopic (exact) mass is 319 g/mol. The molecule has 1 aliphatic carbocycles. The summed E-state index contributed by atoms with van der Waals surface area (Å²) in [5.74, 6) is -0.202. The summed E-state index contributed by atoms with van der Waals surface area (Å²) in [4.78, 5) is 2.40. The molecule has 4 heteroatoms. The van der Waals surface area contributed by atoms with Crippen LogP contribution in [-0.2, 0) is 4.74 Å². The highest BCUT2D eigenvalue weighted by atomic mass is 19.1. The molecule has 1 aliphatic heterocycles. The van der Waals surface area contributed by atoms with E-state index in [4.69, 9.17) is 4.74 Å². The molecule has 1 spiro atoms. The molecule has 1 saturated carbocycles. The Hall–Kier alpha value is -1.23. The van der Waals surface area contributed by atoms with Crippen LogP contribution in [0.1, 0.15) is 31.7 Å². The van der Waals surface area contributed by atoms with E-state index in [1.807, 2.05) is 13.0 Å². The molecule has 1 aromatic rings. The fourth-order valence-electron chi connectivity index (χ4n) is 3.88. The lowest BCUT2D eigenvalue weighted by atomic mass is 9.58. The van der Waals surface area contributed by atoms with Crippen LogP contribution in [0.2, 0.25) is 0 Å². The molecule has 1 heterocycles. The summed E-state index contributed by atoms with van der Waals surface area (Å²) >= 11 is 0. The number of halogens is 1. The highest BCUT2D eigenvalue weighted by Crippen LogP contribution is 2.50. The van der Waals surface area contributed by atoms with E-state index < -0.39 is 0 Å². The second-order valence-electron chi connectivity index (χ2n) is 6.68. The fraction of sp³-hybridized carbons (Fsp3) is 0.579. The highest BCUT2D eigenvalue weighted by molar-refractivity contribution is 5.48. The van der Waals surface area contributed by atoms with E-state index >= 15 is 0 Å². The molecule has 2 aliphatic rings. The van der Waals surface area contributed by atoms with E-state index in [9.17, 15) is 9.50 Å². The van der Waals surface area contributed by atoms with Crippen molar-refractivity contribution in [3.63, 3.8) is 0 Å². The number of aliphatic hydroxyl groups is 1. The molecule has 0 radical (unpaired) electrons. The van der Waals surface area contributed by atoms with Crippen LogP contribution in [0.5, 0.6) is 0 Å². The van der Waals surface area contributed by atoms with Crippen LogP contribution in [0, 0.1) is 11.2 Å². The quantitative estimate of drug-likeness (QED) is 0.905. The molecule has 3 nitrogen and oxygen atoms in total. The first-order valence-electron chi connectivity index (χ1n) is 8.58. The van der Waals surface area contributed by atoms with Crippen molar-refractivity contribution in [3.8, 4) is 0 Å². The minimum atomic E-state index is -0.202. The van der Waals surface area contributed by atoms with E-state index in [0.29, 0.717) is 0 Å². The molecule has 0 aromatic heterocycles. The Morgan fingerprint density at radius 1 is 1.30 bits per heavy atom. The number of benzene rings is 1. The van der Waals surface area contributed by atoms with Gasteiger partial charge in [0.05, 0.1) is 12.2 Å². The Morgan fingerprint density at radius 2 is 2.00 bits per heavy atom. The number of rotatable bonds is 5. The number of aliphatic hydroxyl groups excluding tert-OH is 1. The van der Waals surface area contributed by atoms with Gasteiger partial charge in [-0.1, -0.05) is 24.3 Å². The summed E-state index contributed by atoms with van der Waals surface area (Å²) in [6.07, 6.45) is 6.99. The van der Waals surface area contributed by atoms with Crippen molar-refractivity contribution < 1.29 is 14.2 Å². The number of ether oxygens (including phenoxy) is 1. The molecule has 0 bridgehead atoms. The van der Waals surface area contributed by atoms with E-state index in [1.54, 1.807) is 12.1 Å².